The Morgan fingerprint density at radius 1 is 1.12 bits per heavy atom. The predicted molar refractivity (Wildman–Crippen MR) is 142 cm³/mol. The maximum atomic E-state index is 13.7. The van der Waals surface area contributed by atoms with Gasteiger partial charge >= 0.3 is 12.0 Å². The summed E-state index contributed by atoms with van der Waals surface area (Å²) in [6, 6.07) is 6.73. The summed E-state index contributed by atoms with van der Waals surface area (Å²) >= 11 is 0.986. The molecule has 1 aromatic carbocycles. The van der Waals surface area contributed by atoms with E-state index in [2.05, 4.69) is 10.8 Å². The van der Waals surface area contributed by atoms with Crippen LogP contribution in [0.4, 0.5) is 9.18 Å². The number of urea groups is 1. The lowest BCUT2D eigenvalue weighted by atomic mass is 10.2. The van der Waals surface area contributed by atoms with E-state index in [0.717, 1.165) is 28.5 Å². The van der Waals surface area contributed by atoms with Crippen LogP contribution in [0, 0.1) is 5.82 Å². The third kappa shape index (κ3) is 7.34. The van der Waals surface area contributed by atoms with Gasteiger partial charge in [-0.15, -0.1) is 11.3 Å². The summed E-state index contributed by atoms with van der Waals surface area (Å²) in [5, 5.41) is 2.43. The van der Waals surface area contributed by atoms with Gasteiger partial charge in [-0.05, 0) is 49.6 Å². The first-order chi connectivity index (χ1) is 19.2. The number of nitrogens with one attached hydrogen (secondary N) is 2. The number of carbonyl (C=O) groups is 3. The minimum atomic E-state index is -4.18. The summed E-state index contributed by atoms with van der Waals surface area (Å²) in [7, 11) is -4.18. The molecule has 2 fully saturated rings. The number of thiophene rings is 1. The lowest BCUT2D eigenvalue weighted by Gasteiger charge is -2.39. The number of rotatable bonds is 9. The molecular weight excluding hydrogens is 567 g/mol. The normalized spacial score (nSPS) is 20.1. The molecule has 0 spiro atoms. The van der Waals surface area contributed by atoms with Crippen LogP contribution in [0.1, 0.15) is 26.2 Å². The second kappa shape index (κ2) is 13.5. The number of sulfonamides is 1. The number of carbonyl (C=O) groups excluding carboxylic acids is 3. The zero-order valence-electron chi connectivity index (χ0n) is 21.8. The highest BCUT2D eigenvalue weighted by Gasteiger charge is 2.42. The standard InChI is InChI=1S/C25H31FN4O8S2/c1-2-36-21(31)15-27-25(33)29-12-13-30(19(16-29)24(32)28-38-22-5-3-4-14-37-22)40(34,35)23-11-10-20(39-23)17-6-8-18(26)9-7-17/h6-11,19,22H,2-5,12-16H2,1H3,(H,27,33)(H,28,32). The average molecular weight is 599 g/mol. The number of esters is 1. The first-order valence-corrected chi connectivity index (χ1v) is 15.1. The number of hydrogen-bond donors (Lipinski definition) is 2. The first-order valence-electron chi connectivity index (χ1n) is 12.8. The Hall–Kier alpha value is -3.11. The molecule has 0 bridgehead atoms. The van der Waals surface area contributed by atoms with Crippen LogP contribution in [0.25, 0.3) is 10.4 Å². The van der Waals surface area contributed by atoms with Crippen LogP contribution in [0.2, 0.25) is 0 Å². The fourth-order valence-electron chi connectivity index (χ4n) is 4.26. The number of halogens is 1. The van der Waals surface area contributed by atoms with Gasteiger partial charge in [-0.25, -0.2) is 27.9 Å². The molecule has 2 aliphatic heterocycles. The summed E-state index contributed by atoms with van der Waals surface area (Å²) in [5.74, 6) is -1.80. The van der Waals surface area contributed by atoms with Crippen molar-refractivity contribution in [3.8, 4) is 10.4 Å². The molecule has 2 unspecified atom stereocenters. The van der Waals surface area contributed by atoms with E-state index in [0.29, 0.717) is 23.5 Å². The Kier molecular flexibility index (Phi) is 10.1. The third-order valence-corrected chi connectivity index (χ3v) is 9.82. The largest absolute Gasteiger partial charge is 0.465 e. The highest BCUT2D eigenvalue weighted by atomic mass is 32.2. The third-order valence-electron chi connectivity index (χ3n) is 6.31. The zero-order chi connectivity index (χ0) is 28.7. The lowest BCUT2D eigenvalue weighted by Crippen LogP contribution is -2.62. The lowest BCUT2D eigenvalue weighted by molar-refractivity contribution is -0.202. The first kappa shape index (κ1) is 29.9. The summed E-state index contributed by atoms with van der Waals surface area (Å²) in [6.07, 6.45) is 1.63. The molecule has 2 aliphatic rings. The molecule has 1 aromatic heterocycles. The molecule has 3 amide bonds. The van der Waals surface area contributed by atoms with Crippen LogP contribution in [-0.2, 0) is 33.9 Å². The fraction of sp³-hybridized carbons (Fsp3) is 0.480. The number of amides is 3. The van der Waals surface area contributed by atoms with Crippen LogP contribution < -0.4 is 10.8 Å². The number of ether oxygens (including phenoxy) is 2. The molecule has 2 saturated heterocycles. The predicted octanol–water partition coefficient (Wildman–Crippen LogP) is 2.08. The van der Waals surface area contributed by atoms with Crippen molar-refractivity contribution in [1.82, 2.24) is 20.0 Å². The molecule has 0 saturated carbocycles. The number of benzene rings is 1. The molecule has 40 heavy (non-hydrogen) atoms. The molecule has 15 heteroatoms. The molecule has 2 aromatic rings. The quantitative estimate of drug-likeness (QED) is 0.330. The second-order valence-electron chi connectivity index (χ2n) is 9.05. The number of hydroxylamine groups is 1. The van der Waals surface area contributed by atoms with Gasteiger partial charge in [0.15, 0.2) is 6.29 Å². The van der Waals surface area contributed by atoms with Crippen molar-refractivity contribution in [2.24, 2.45) is 0 Å². The Balaban J connectivity index is 1.52. The Morgan fingerprint density at radius 3 is 2.60 bits per heavy atom. The van der Waals surface area contributed by atoms with E-state index in [4.69, 9.17) is 14.3 Å². The van der Waals surface area contributed by atoms with Gasteiger partial charge in [0.05, 0.1) is 6.61 Å². The topological polar surface area (TPSA) is 144 Å². The van der Waals surface area contributed by atoms with Crippen molar-refractivity contribution in [1.29, 1.82) is 0 Å². The van der Waals surface area contributed by atoms with Crippen molar-refractivity contribution in [3.63, 3.8) is 0 Å². The van der Waals surface area contributed by atoms with Gasteiger partial charge in [0, 0.05) is 37.5 Å². The minimum Gasteiger partial charge on any atom is -0.465 e. The molecule has 2 N–H and O–H groups in total. The van der Waals surface area contributed by atoms with E-state index in [1.807, 2.05) is 0 Å². The van der Waals surface area contributed by atoms with Gasteiger partial charge in [0.2, 0.25) is 0 Å². The SMILES string of the molecule is CCOC(=O)CNC(=O)N1CCN(S(=O)(=O)c2ccc(-c3ccc(F)cc3)s2)C(C(=O)NOC2CCCCO2)C1. The summed E-state index contributed by atoms with van der Waals surface area (Å²) in [5.41, 5.74) is 2.95. The molecule has 218 valence electrons. The van der Waals surface area contributed by atoms with Gasteiger partial charge in [0.1, 0.15) is 22.6 Å². The van der Waals surface area contributed by atoms with Crippen LogP contribution in [0.15, 0.2) is 40.6 Å². The van der Waals surface area contributed by atoms with Crippen molar-refractivity contribution in [3.05, 3.63) is 42.2 Å². The molecule has 4 rings (SSSR count). The van der Waals surface area contributed by atoms with E-state index < -0.39 is 46.1 Å². The van der Waals surface area contributed by atoms with E-state index in [1.165, 1.54) is 23.1 Å². The van der Waals surface area contributed by atoms with Gasteiger partial charge in [0.25, 0.3) is 15.9 Å². The zero-order valence-corrected chi connectivity index (χ0v) is 23.5. The van der Waals surface area contributed by atoms with Gasteiger partial charge in [-0.3, -0.25) is 9.59 Å². The van der Waals surface area contributed by atoms with Gasteiger partial charge in [-0.1, -0.05) is 12.1 Å². The van der Waals surface area contributed by atoms with Crippen molar-refractivity contribution < 1.29 is 41.5 Å². The smallest absolute Gasteiger partial charge is 0.325 e. The Morgan fingerprint density at radius 2 is 1.90 bits per heavy atom. The molecule has 3 heterocycles. The van der Waals surface area contributed by atoms with Crippen LogP contribution in [0.5, 0.6) is 0 Å². The van der Waals surface area contributed by atoms with E-state index >= 15 is 0 Å². The van der Waals surface area contributed by atoms with Gasteiger partial charge in [-0.2, -0.15) is 4.31 Å². The summed E-state index contributed by atoms with van der Waals surface area (Å²) in [6.45, 7) is 1.41. The highest BCUT2D eigenvalue weighted by Crippen LogP contribution is 2.33. The molecular formula is C25H31FN4O8S2. The molecule has 0 aliphatic carbocycles. The summed E-state index contributed by atoms with van der Waals surface area (Å²) in [4.78, 5) is 44.9. The van der Waals surface area contributed by atoms with Crippen LogP contribution in [-0.4, -0.2) is 87.3 Å². The van der Waals surface area contributed by atoms with Crippen molar-refractivity contribution >= 4 is 39.3 Å². The van der Waals surface area contributed by atoms with E-state index in [-0.39, 0.29) is 37.0 Å². The number of nitrogens with zero attached hydrogens (tertiary/aromatic N) is 2. The van der Waals surface area contributed by atoms with Crippen LogP contribution >= 0.6 is 11.3 Å². The second-order valence-corrected chi connectivity index (χ2v) is 12.2. The maximum Gasteiger partial charge on any atom is 0.325 e. The van der Waals surface area contributed by atoms with Gasteiger partial charge < -0.3 is 19.7 Å². The van der Waals surface area contributed by atoms with E-state index in [1.54, 1.807) is 25.1 Å². The molecule has 12 nitrogen and oxygen atoms in total. The molecule has 0 radical (unpaired) electrons. The minimum absolute atomic E-state index is 0.0126. The Bertz CT molecular complexity index is 1300. The number of hydrogen-bond acceptors (Lipinski definition) is 9. The van der Waals surface area contributed by atoms with Crippen molar-refractivity contribution in [2.45, 2.75) is 42.7 Å². The summed E-state index contributed by atoms with van der Waals surface area (Å²) < 4.78 is 52.1. The maximum absolute atomic E-state index is 13.7. The average Bonchev–Trinajstić information content (AvgIpc) is 3.47. The highest BCUT2D eigenvalue weighted by molar-refractivity contribution is 7.91. The fourth-order valence-corrected chi connectivity index (χ4v) is 7.27. The van der Waals surface area contributed by atoms with Crippen LogP contribution in [0.3, 0.4) is 0 Å². The van der Waals surface area contributed by atoms with Crippen molar-refractivity contribution in [2.75, 3.05) is 39.4 Å². The molecule has 2 atom stereocenters. The monoisotopic (exact) mass is 598 g/mol. The van der Waals surface area contributed by atoms with E-state index in [9.17, 15) is 27.2 Å². The Labute approximate surface area is 235 Å². The number of piperazine rings is 1.